The molecular weight excluding hydrogens is 392 g/mol. The summed E-state index contributed by atoms with van der Waals surface area (Å²) in [5, 5.41) is 3.58. The number of nitrogens with zero attached hydrogens (tertiary/aromatic N) is 2. The molecule has 0 saturated heterocycles. The average Bonchev–Trinajstić information content (AvgIpc) is 2.74. The van der Waals surface area contributed by atoms with Crippen molar-refractivity contribution in [3.8, 4) is 0 Å². The Morgan fingerprint density at radius 2 is 2.07 bits per heavy atom. The van der Waals surface area contributed by atoms with Crippen LogP contribution in [-0.2, 0) is 10.2 Å². The molecule has 2 N–H and O–H groups in total. The standard InChI is InChI=1S/C13H18N2O.C8H7ClN2S/c16-11-14-10-13(7-3-1-4-8-13)12-6-2-5-9-15-12;1-5-10-7-3-2-6(9)4-8(7)12-11-5/h2,5-6,9,11H,1,3-4,7-8,10H2,(H,14,16);2-4H,1H3,(H,10,11). The molecule has 1 aliphatic carbocycles. The second-order valence-corrected chi connectivity index (χ2v) is 8.35. The predicted octanol–water partition coefficient (Wildman–Crippen LogP) is 5.03. The predicted molar refractivity (Wildman–Crippen MR) is 116 cm³/mol. The minimum atomic E-state index is 0.0699. The highest BCUT2D eigenvalue weighted by atomic mass is 35.5. The van der Waals surface area contributed by atoms with Crippen LogP contribution in [0.25, 0.3) is 0 Å². The Kier molecular flexibility index (Phi) is 7.34. The van der Waals surface area contributed by atoms with E-state index in [1.54, 1.807) is 11.9 Å². The molecule has 2 heterocycles. The first-order valence-electron chi connectivity index (χ1n) is 9.49. The van der Waals surface area contributed by atoms with Gasteiger partial charge in [-0.2, -0.15) is 0 Å². The van der Waals surface area contributed by atoms with Crippen molar-refractivity contribution >= 4 is 41.5 Å². The molecule has 0 spiro atoms. The van der Waals surface area contributed by atoms with Gasteiger partial charge >= 0.3 is 0 Å². The van der Waals surface area contributed by atoms with E-state index in [9.17, 15) is 4.79 Å². The number of hydrogen-bond donors (Lipinski definition) is 2. The Bertz CT molecular complexity index is 822. The molecule has 0 radical (unpaired) electrons. The van der Waals surface area contributed by atoms with Gasteiger partial charge in [-0.05, 0) is 62.0 Å². The van der Waals surface area contributed by atoms with Crippen molar-refractivity contribution < 1.29 is 4.79 Å². The van der Waals surface area contributed by atoms with Crippen LogP contribution < -0.4 is 10.0 Å². The second-order valence-electron chi connectivity index (χ2n) is 7.07. The highest BCUT2D eigenvalue weighted by molar-refractivity contribution is 7.98. The molecule has 2 aromatic rings. The van der Waals surface area contributed by atoms with E-state index >= 15 is 0 Å². The summed E-state index contributed by atoms with van der Waals surface area (Å²) < 4.78 is 3.07. The van der Waals surface area contributed by atoms with E-state index in [0.717, 1.165) is 46.4 Å². The van der Waals surface area contributed by atoms with Gasteiger partial charge in [-0.3, -0.25) is 9.78 Å². The number of halogens is 1. The van der Waals surface area contributed by atoms with Crippen LogP contribution in [0.5, 0.6) is 0 Å². The summed E-state index contributed by atoms with van der Waals surface area (Å²) >= 11 is 7.37. The summed E-state index contributed by atoms with van der Waals surface area (Å²) in [6, 6.07) is 11.7. The van der Waals surface area contributed by atoms with E-state index in [-0.39, 0.29) is 5.41 Å². The van der Waals surface area contributed by atoms with Crippen LogP contribution in [0.1, 0.15) is 44.7 Å². The monoisotopic (exact) mass is 416 g/mol. The third-order valence-corrected chi connectivity index (χ3v) is 6.24. The highest BCUT2D eigenvalue weighted by Crippen LogP contribution is 2.37. The molecule has 0 unspecified atom stereocenters. The van der Waals surface area contributed by atoms with E-state index in [0.29, 0.717) is 6.54 Å². The summed E-state index contributed by atoms with van der Waals surface area (Å²) in [5.41, 5.74) is 2.19. The highest BCUT2D eigenvalue weighted by Gasteiger charge is 2.34. The number of nitrogens with one attached hydrogen (secondary N) is 2. The van der Waals surface area contributed by atoms with E-state index in [4.69, 9.17) is 11.6 Å². The number of hydrogen-bond acceptors (Lipinski definition) is 5. The van der Waals surface area contributed by atoms with Gasteiger partial charge in [0.25, 0.3) is 0 Å². The van der Waals surface area contributed by atoms with E-state index in [1.165, 1.54) is 19.3 Å². The van der Waals surface area contributed by atoms with Gasteiger partial charge in [-0.1, -0.05) is 36.9 Å². The summed E-state index contributed by atoms with van der Waals surface area (Å²) in [7, 11) is 0. The van der Waals surface area contributed by atoms with Gasteiger partial charge in [0.1, 0.15) is 5.84 Å². The summed E-state index contributed by atoms with van der Waals surface area (Å²) in [5.74, 6) is 0.926. The van der Waals surface area contributed by atoms with Crippen LogP contribution in [0, 0.1) is 0 Å². The SMILES string of the molecule is CC1=Nc2ccc(Cl)cc2SN1.O=CNCC1(c2ccccn2)CCCCC1. The lowest BCUT2D eigenvalue weighted by Crippen LogP contribution is -2.40. The van der Waals surface area contributed by atoms with Crippen molar-refractivity contribution in [1.82, 2.24) is 15.0 Å². The lowest BCUT2D eigenvalue weighted by Gasteiger charge is -2.36. The van der Waals surface area contributed by atoms with Gasteiger partial charge in [-0.15, -0.1) is 0 Å². The number of amides is 1. The zero-order valence-corrected chi connectivity index (χ0v) is 17.5. The van der Waals surface area contributed by atoms with E-state index in [1.807, 2.05) is 43.5 Å². The largest absolute Gasteiger partial charge is 0.358 e. The van der Waals surface area contributed by atoms with Crippen molar-refractivity contribution in [2.24, 2.45) is 4.99 Å². The quantitative estimate of drug-likeness (QED) is 0.541. The molecule has 1 aromatic carbocycles. The zero-order valence-electron chi connectivity index (χ0n) is 16.0. The third kappa shape index (κ3) is 5.26. The minimum absolute atomic E-state index is 0.0699. The van der Waals surface area contributed by atoms with E-state index in [2.05, 4.69) is 26.1 Å². The first-order valence-corrected chi connectivity index (χ1v) is 10.7. The number of benzene rings is 1. The lowest BCUT2D eigenvalue weighted by atomic mass is 9.71. The van der Waals surface area contributed by atoms with Gasteiger partial charge in [0.2, 0.25) is 6.41 Å². The average molecular weight is 417 g/mol. The first-order chi connectivity index (χ1) is 13.6. The number of pyridine rings is 1. The molecular formula is C21H25ClN4OS. The number of carbonyl (C=O) groups is 1. The molecule has 28 heavy (non-hydrogen) atoms. The fourth-order valence-corrected chi connectivity index (χ4v) is 4.60. The zero-order chi connectivity index (χ0) is 19.8. The minimum Gasteiger partial charge on any atom is -0.358 e. The Labute approximate surface area is 175 Å². The van der Waals surface area contributed by atoms with Crippen LogP contribution in [0.3, 0.4) is 0 Å². The maximum atomic E-state index is 10.5. The van der Waals surface area contributed by atoms with Crippen molar-refractivity contribution in [3.05, 3.63) is 53.3 Å². The maximum absolute atomic E-state index is 10.5. The van der Waals surface area contributed by atoms with Gasteiger partial charge in [0, 0.05) is 28.9 Å². The molecule has 4 rings (SSSR count). The Morgan fingerprint density at radius 1 is 1.25 bits per heavy atom. The van der Waals surface area contributed by atoms with Crippen molar-refractivity contribution in [1.29, 1.82) is 0 Å². The molecule has 1 aromatic heterocycles. The fraction of sp³-hybridized carbons (Fsp3) is 0.381. The topological polar surface area (TPSA) is 66.4 Å². The number of fused-ring (bicyclic) bond motifs is 1. The Morgan fingerprint density at radius 3 is 2.79 bits per heavy atom. The number of aliphatic imine (C=N–C) groups is 1. The third-order valence-electron chi connectivity index (χ3n) is 5.06. The molecule has 2 aliphatic rings. The molecule has 0 atom stereocenters. The first kappa shape index (κ1) is 20.7. The molecule has 1 amide bonds. The molecule has 148 valence electrons. The summed E-state index contributed by atoms with van der Waals surface area (Å²) in [6.07, 6.45) is 8.66. The summed E-state index contributed by atoms with van der Waals surface area (Å²) in [6.45, 7) is 2.65. The van der Waals surface area contributed by atoms with Gasteiger partial charge < -0.3 is 10.0 Å². The number of aromatic nitrogens is 1. The fourth-order valence-electron chi connectivity index (χ4n) is 3.66. The van der Waals surface area contributed by atoms with Crippen LogP contribution in [0.2, 0.25) is 5.02 Å². The maximum Gasteiger partial charge on any atom is 0.207 e. The second kappa shape index (κ2) is 9.94. The van der Waals surface area contributed by atoms with Gasteiger partial charge in [-0.25, -0.2) is 4.99 Å². The van der Waals surface area contributed by atoms with Crippen molar-refractivity contribution in [2.45, 2.75) is 49.3 Å². The Hall–Kier alpha value is -2.05. The Balaban J connectivity index is 0.000000167. The summed E-state index contributed by atoms with van der Waals surface area (Å²) in [4.78, 5) is 20.4. The van der Waals surface area contributed by atoms with Gasteiger partial charge in [0.15, 0.2) is 0 Å². The molecule has 0 bridgehead atoms. The van der Waals surface area contributed by atoms with Crippen LogP contribution in [0.4, 0.5) is 5.69 Å². The van der Waals surface area contributed by atoms with Gasteiger partial charge in [0.05, 0.1) is 10.6 Å². The number of rotatable bonds is 4. The molecule has 1 fully saturated rings. The molecule has 5 nitrogen and oxygen atoms in total. The normalized spacial score (nSPS) is 17.1. The molecule has 7 heteroatoms. The number of carbonyl (C=O) groups excluding carboxylic acids is 1. The smallest absolute Gasteiger partial charge is 0.207 e. The van der Waals surface area contributed by atoms with Crippen LogP contribution in [-0.4, -0.2) is 23.8 Å². The van der Waals surface area contributed by atoms with E-state index < -0.39 is 0 Å². The van der Waals surface area contributed by atoms with Crippen LogP contribution in [0.15, 0.2) is 52.5 Å². The van der Waals surface area contributed by atoms with Crippen molar-refractivity contribution in [3.63, 3.8) is 0 Å². The van der Waals surface area contributed by atoms with Crippen LogP contribution >= 0.6 is 23.5 Å². The lowest BCUT2D eigenvalue weighted by molar-refractivity contribution is -0.109. The number of amidine groups is 1. The molecule has 1 aliphatic heterocycles. The van der Waals surface area contributed by atoms with Crippen molar-refractivity contribution in [2.75, 3.05) is 6.54 Å². The molecule has 1 saturated carbocycles.